The molecule has 3 heteroatoms. The zero-order valence-electron chi connectivity index (χ0n) is 33.4. The van der Waals surface area contributed by atoms with Crippen molar-refractivity contribution < 1.29 is 13.9 Å². The summed E-state index contributed by atoms with van der Waals surface area (Å²) in [5.41, 5.74) is 5.24. The minimum Gasteiger partial charge on any atom is -0.466 e. The molecule has 49 heavy (non-hydrogen) atoms. The summed E-state index contributed by atoms with van der Waals surface area (Å²) in [6.07, 6.45) is 29.3. The highest BCUT2D eigenvalue weighted by molar-refractivity contribution is 5.69. The van der Waals surface area contributed by atoms with E-state index in [4.69, 9.17) is 9.15 Å². The number of allylic oxidation sites excluding steroid dienone is 1. The van der Waals surface area contributed by atoms with Crippen molar-refractivity contribution in [2.75, 3.05) is 0 Å². The number of carbonyl (C=O) groups is 1. The normalized spacial score (nSPS) is 31.6. The lowest BCUT2D eigenvalue weighted by Crippen LogP contribution is -2.51. The highest BCUT2D eigenvalue weighted by atomic mass is 16.5. The first-order valence-corrected chi connectivity index (χ1v) is 21.4. The van der Waals surface area contributed by atoms with Gasteiger partial charge in [0.2, 0.25) is 0 Å². The molecule has 0 aromatic carbocycles. The number of rotatable bonds is 18. The van der Waals surface area contributed by atoms with Crippen molar-refractivity contribution in [1.82, 2.24) is 0 Å². The monoisotopic (exact) mass is 677 g/mol. The molecule has 1 aromatic rings. The third-order valence-corrected chi connectivity index (χ3v) is 15.0. The van der Waals surface area contributed by atoms with E-state index in [1.54, 1.807) is 5.57 Å². The number of aryl methyl sites for hydroxylation is 2. The minimum absolute atomic E-state index is 0.0402. The average molecular weight is 677 g/mol. The number of carbonyl (C=O) groups excluding carboxylic acids is 1. The molecule has 3 saturated carbocycles. The lowest BCUT2D eigenvalue weighted by Gasteiger charge is -2.58. The van der Waals surface area contributed by atoms with Gasteiger partial charge in [0.25, 0.3) is 0 Å². The molecule has 0 radical (unpaired) electrons. The molecule has 0 bridgehead atoms. The van der Waals surface area contributed by atoms with Crippen LogP contribution in [0.25, 0.3) is 0 Å². The van der Waals surface area contributed by atoms with Crippen LogP contribution in [0.15, 0.2) is 16.1 Å². The van der Waals surface area contributed by atoms with Crippen LogP contribution in [0.3, 0.4) is 0 Å². The maximum absolute atomic E-state index is 12.9. The molecule has 0 amide bonds. The second kappa shape index (κ2) is 17.3. The number of hydrogen-bond donors (Lipinski definition) is 0. The average Bonchev–Trinajstić information content (AvgIpc) is 3.56. The lowest BCUT2D eigenvalue weighted by atomic mass is 9.47. The molecule has 4 aliphatic rings. The van der Waals surface area contributed by atoms with Crippen molar-refractivity contribution >= 4 is 5.97 Å². The summed E-state index contributed by atoms with van der Waals surface area (Å²) in [6, 6.07) is 0. The summed E-state index contributed by atoms with van der Waals surface area (Å²) in [6.45, 7) is 19.3. The fourth-order valence-electron chi connectivity index (χ4n) is 11.8. The number of fused-ring (bicyclic) bond motifs is 5. The van der Waals surface area contributed by atoms with Crippen LogP contribution in [0.2, 0.25) is 0 Å². The van der Waals surface area contributed by atoms with Gasteiger partial charge in [-0.05, 0) is 136 Å². The van der Waals surface area contributed by atoms with Gasteiger partial charge in [-0.3, -0.25) is 4.79 Å². The van der Waals surface area contributed by atoms with Crippen molar-refractivity contribution in [3.05, 3.63) is 34.3 Å². The Labute approximate surface area is 302 Å². The molecule has 0 aliphatic heterocycles. The molecule has 0 N–H and O–H groups in total. The van der Waals surface area contributed by atoms with Crippen LogP contribution in [0.5, 0.6) is 0 Å². The van der Waals surface area contributed by atoms with Crippen LogP contribution < -0.4 is 0 Å². The summed E-state index contributed by atoms with van der Waals surface area (Å²) in [5.74, 6) is 7.67. The maximum atomic E-state index is 12.9. The first-order chi connectivity index (χ1) is 23.5. The molecule has 1 aromatic heterocycles. The predicted molar refractivity (Wildman–Crippen MR) is 206 cm³/mol. The van der Waals surface area contributed by atoms with E-state index in [2.05, 4.69) is 61.5 Å². The van der Waals surface area contributed by atoms with E-state index in [0.717, 1.165) is 74.0 Å². The first kappa shape index (κ1) is 38.7. The van der Waals surface area contributed by atoms with Crippen LogP contribution in [0.1, 0.15) is 193 Å². The van der Waals surface area contributed by atoms with Gasteiger partial charge in [-0.1, -0.05) is 105 Å². The Morgan fingerprint density at radius 3 is 2.24 bits per heavy atom. The minimum atomic E-state index is 0.0402. The number of esters is 1. The summed E-state index contributed by atoms with van der Waals surface area (Å²) < 4.78 is 12.4. The largest absolute Gasteiger partial charge is 0.466 e. The first-order valence-electron chi connectivity index (χ1n) is 21.4. The Morgan fingerprint density at radius 1 is 0.837 bits per heavy atom. The Morgan fingerprint density at radius 2 is 1.53 bits per heavy atom. The molecule has 8 atom stereocenters. The van der Waals surface area contributed by atoms with E-state index in [0.29, 0.717) is 17.3 Å². The van der Waals surface area contributed by atoms with Gasteiger partial charge >= 0.3 is 5.97 Å². The van der Waals surface area contributed by atoms with Gasteiger partial charge in [0.15, 0.2) is 0 Å². The van der Waals surface area contributed by atoms with Gasteiger partial charge in [-0.25, -0.2) is 0 Å². The molecule has 0 spiro atoms. The van der Waals surface area contributed by atoms with E-state index < -0.39 is 0 Å². The van der Waals surface area contributed by atoms with Gasteiger partial charge in [0.1, 0.15) is 17.6 Å². The topological polar surface area (TPSA) is 39.4 Å². The molecule has 8 unspecified atom stereocenters. The molecule has 278 valence electrons. The summed E-state index contributed by atoms with van der Waals surface area (Å²) in [5, 5.41) is 0. The summed E-state index contributed by atoms with van der Waals surface area (Å²) >= 11 is 0. The lowest BCUT2D eigenvalue weighted by molar-refractivity contribution is -0.151. The fraction of sp³-hybridized carbons (Fsp3) is 0.848. The highest BCUT2D eigenvalue weighted by Gasteiger charge is 2.59. The summed E-state index contributed by atoms with van der Waals surface area (Å²) in [7, 11) is 0. The van der Waals surface area contributed by atoms with Crippen molar-refractivity contribution in [3.8, 4) is 0 Å². The Bertz CT molecular complexity index is 1240. The number of ether oxygens (including phenoxy) is 1. The summed E-state index contributed by atoms with van der Waals surface area (Å²) in [4.78, 5) is 12.9. The fourth-order valence-corrected chi connectivity index (χ4v) is 11.8. The van der Waals surface area contributed by atoms with E-state index in [1.165, 1.54) is 119 Å². The smallest absolute Gasteiger partial charge is 0.306 e. The van der Waals surface area contributed by atoms with Crippen molar-refractivity contribution in [2.45, 2.75) is 203 Å². The van der Waals surface area contributed by atoms with Crippen molar-refractivity contribution in [3.63, 3.8) is 0 Å². The van der Waals surface area contributed by atoms with E-state index >= 15 is 0 Å². The number of unbranched alkanes of at least 4 members (excludes halogenated alkanes) is 6. The number of hydrogen-bond acceptors (Lipinski definition) is 3. The predicted octanol–water partition coefficient (Wildman–Crippen LogP) is 13.5. The van der Waals surface area contributed by atoms with Crippen molar-refractivity contribution in [2.24, 2.45) is 46.3 Å². The second-order valence-electron chi connectivity index (χ2n) is 18.6. The second-order valence-corrected chi connectivity index (χ2v) is 18.6. The van der Waals surface area contributed by atoms with Crippen LogP contribution in [-0.2, 0) is 22.4 Å². The standard InChI is InChI=1S/C46H76O3/c1-9-10-20-42-34(5)35(6)43(49-42)21-15-13-11-12-14-16-22-44(47)48-37-27-29-45(7)36(31-37)23-24-38-40-26-25-39(33(4)19-17-18-32(2)3)46(40,8)30-28-41(38)45/h23,32-33,37-41H,9-22,24-31H2,1-8H3. The van der Waals surface area contributed by atoms with Crippen LogP contribution in [-0.4, -0.2) is 12.1 Å². The molecule has 1 heterocycles. The van der Waals surface area contributed by atoms with Crippen LogP contribution >= 0.6 is 0 Å². The van der Waals surface area contributed by atoms with E-state index in [9.17, 15) is 4.79 Å². The molecule has 0 saturated heterocycles. The molecule has 3 nitrogen and oxygen atoms in total. The van der Waals surface area contributed by atoms with Gasteiger partial charge in [0.05, 0.1) is 0 Å². The third-order valence-electron chi connectivity index (χ3n) is 15.0. The Hall–Kier alpha value is -1.51. The molecular formula is C46H76O3. The quantitative estimate of drug-likeness (QED) is 0.0882. The van der Waals surface area contributed by atoms with Crippen LogP contribution in [0.4, 0.5) is 0 Å². The van der Waals surface area contributed by atoms with E-state index in [-0.39, 0.29) is 12.1 Å². The third kappa shape index (κ3) is 8.93. The Kier molecular flexibility index (Phi) is 13.7. The maximum Gasteiger partial charge on any atom is 0.306 e. The van der Waals surface area contributed by atoms with E-state index in [1.807, 2.05) is 0 Å². The molecule has 4 aliphatic carbocycles. The van der Waals surface area contributed by atoms with Gasteiger partial charge < -0.3 is 9.15 Å². The van der Waals surface area contributed by atoms with Crippen molar-refractivity contribution in [1.29, 1.82) is 0 Å². The highest BCUT2D eigenvalue weighted by Crippen LogP contribution is 2.67. The molecular weight excluding hydrogens is 601 g/mol. The number of furan rings is 1. The molecule has 3 fully saturated rings. The Balaban J connectivity index is 1.00. The zero-order chi connectivity index (χ0) is 35.2. The molecule has 5 rings (SSSR count). The van der Waals surface area contributed by atoms with Gasteiger partial charge in [0, 0.05) is 25.7 Å². The SMILES string of the molecule is CCCCc1oc(CCCCCCCCC(=O)OC2CCC3(C)C(=CCC4C3CCC3(C)C(C(C)CCCC(C)C)CCC43)C2)c(C)c1C. The zero-order valence-corrected chi connectivity index (χ0v) is 33.4. The van der Waals surface area contributed by atoms with Gasteiger partial charge in [-0.2, -0.15) is 0 Å². The van der Waals surface area contributed by atoms with Gasteiger partial charge in [-0.15, -0.1) is 0 Å². The van der Waals surface area contributed by atoms with Crippen LogP contribution in [0, 0.1) is 60.2 Å².